The molecular weight excluding hydrogens is 426 g/mol. The first-order chi connectivity index (χ1) is 11.8. The molecule has 0 spiro atoms. The lowest BCUT2D eigenvalue weighted by Crippen LogP contribution is -2.38. The average Bonchev–Trinajstić information content (AvgIpc) is 2.45. The van der Waals surface area contributed by atoms with Crippen molar-refractivity contribution in [2.75, 3.05) is 20.6 Å². The molecule has 0 amide bonds. The van der Waals surface area contributed by atoms with Crippen LogP contribution in [0.25, 0.3) is 4.13 Å². The zero-order valence-electron chi connectivity index (χ0n) is 14.4. The van der Waals surface area contributed by atoms with Crippen molar-refractivity contribution in [1.82, 2.24) is 0 Å². The van der Waals surface area contributed by atoms with Crippen LogP contribution in [0.1, 0.15) is 12.5 Å². The highest BCUT2D eigenvalue weighted by molar-refractivity contribution is 8.13. The largest absolute Gasteiger partial charge is 0.480 e. The molecule has 0 heterocycles. The van der Waals surface area contributed by atoms with Crippen LogP contribution in [0.15, 0.2) is 30.3 Å². The summed E-state index contributed by atoms with van der Waals surface area (Å²) >= 11 is 0. The Morgan fingerprint density at radius 1 is 0.852 bits per heavy atom. The van der Waals surface area contributed by atoms with Crippen molar-refractivity contribution in [2.45, 2.75) is 24.5 Å². The summed E-state index contributed by atoms with van der Waals surface area (Å²) in [5.41, 5.74) is -11.0. The van der Waals surface area contributed by atoms with Crippen LogP contribution in [-0.2, 0) is 26.6 Å². The number of halogens is 6. The number of alkyl halides is 6. The molecule has 27 heavy (non-hydrogen) atoms. The number of rotatable bonds is 5. The van der Waals surface area contributed by atoms with Gasteiger partial charge >= 0.3 is 11.0 Å². The molecule has 0 aliphatic rings. The van der Waals surface area contributed by atoms with E-state index < -0.39 is 31.1 Å². The predicted octanol–water partition coefficient (Wildman–Crippen LogP) is 3.34. The van der Waals surface area contributed by atoms with Crippen LogP contribution in [0.4, 0.5) is 26.3 Å². The van der Waals surface area contributed by atoms with Gasteiger partial charge in [0.15, 0.2) is 20.0 Å². The van der Waals surface area contributed by atoms with Gasteiger partial charge in [0.2, 0.25) is 0 Å². The fourth-order valence-corrected chi connectivity index (χ4v) is 3.11. The third-order valence-corrected chi connectivity index (χ3v) is 5.83. The molecule has 0 aliphatic heterocycles. The first-order valence-corrected chi connectivity index (χ1v) is 9.95. The molecule has 0 saturated carbocycles. The van der Waals surface area contributed by atoms with Gasteiger partial charge in [0.05, 0.1) is 20.6 Å². The number of benzene rings is 1. The Morgan fingerprint density at radius 2 is 1.22 bits per heavy atom. The summed E-state index contributed by atoms with van der Waals surface area (Å²) in [6.45, 7) is 4.52. The van der Waals surface area contributed by atoms with E-state index in [0.29, 0.717) is 0 Å². The van der Waals surface area contributed by atoms with Gasteiger partial charge in [-0.1, -0.05) is 30.3 Å². The van der Waals surface area contributed by atoms with Crippen molar-refractivity contribution in [3.8, 4) is 0 Å². The maximum absolute atomic E-state index is 11.4. The van der Waals surface area contributed by atoms with E-state index in [1.807, 2.05) is 0 Å². The van der Waals surface area contributed by atoms with Gasteiger partial charge in [-0.3, -0.25) is 0 Å². The van der Waals surface area contributed by atoms with Crippen molar-refractivity contribution in [2.24, 2.45) is 0 Å². The van der Waals surface area contributed by atoms with E-state index in [4.69, 9.17) is 0 Å². The van der Waals surface area contributed by atoms with Crippen LogP contribution in [0, 0.1) is 0 Å². The third-order valence-electron chi connectivity index (χ3n) is 3.09. The Hall–Kier alpha value is -1.38. The molecule has 1 aromatic carbocycles. The molecule has 0 atom stereocenters. The maximum atomic E-state index is 11.4. The van der Waals surface area contributed by atoms with E-state index in [1.54, 1.807) is 0 Å². The molecule has 0 unspecified atom stereocenters. The first-order valence-electron chi connectivity index (χ1n) is 7.07. The van der Waals surface area contributed by atoms with Crippen molar-refractivity contribution in [1.29, 1.82) is 0 Å². The Morgan fingerprint density at radius 3 is 1.52 bits per heavy atom. The highest BCUT2D eigenvalue weighted by Gasteiger charge is 2.46. The summed E-state index contributed by atoms with van der Waals surface area (Å²) in [6.07, 6.45) is 0. The summed E-state index contributed by atoms with van der Waals surface area (Å²) in [5.74, 6) is 0. The fourth-order valence-electron chi connectivity index (χ4n) is 1.40. The fraction of sp³-hybridized carbons (Fsp3) is 0.538. The molecule has 14 heteroatoms. The van der Waals surface area contributed by atoms with Crippen molar-refractivity contribution >= 4 is 20.0 Å². The van der Waals surface area contributed by atoms with Gasteiger partial charge in [0.1, 0.15) is 6.54 Å². The molecule has 0 saturated heterocycles. The number of hydrogen-bond acceptors (Lipinski definition) is 4. The molecule has 1 rings (SSSR count). The Balaban J connectivity index is 0.000000511. The predicted molar refractivity (Wildman–Crippen MR) is 86.1 cm³/mol. The molecule has 0 N–H and O–H groups in total. The Bertz CT molecular complexity index is 761. The molecule has 0 aliphatic carbocycles. The molecule has 0 aromatic heterocycles. The highest BCUT2D eigenvalue weighted by Crippen LogP contribution is 2.36. The molecule has 0 fully saturated rings. The Labute approximate surface area is 153 Å². The molecule has 6 nitrogen and oxygen atoms in total. The zero-order chi connectivity index (χ0) is 21.7. The van der Waals surface area contributed by atoms with E-state index in [1.165, 1.54) is 12.1 Å². The summed E-state index contributed by atoms with van der Waals surface area (Å²) in [5, 5.41) is 0. The number of hydrogen-bond donors (Lipinski definition) is 0. The van der Waals surface area contributed by atoms with E-state index in [-0.39, 0.29) is 0 Å². The van der Waals surface area contributed by atoms with E-state index in [2.05, 4.69) is 51.4 Å². The SMILES string of the molecule is CC[N+](C)(C)Cc1ccccc1.O=S(=O)([N-]S(=O)(=O)C(F)(F)F)C(F)(F)F. The molecule has 0 radical (unpaired) electrons. The maximum Gasteiger partial charge on any atom is 0.480 e. The van der Waals surface area contributed by atoms with Crippen LogP contribution in [0.5, 0.6) is 0 Å². The first kappa shape index (κ1) is 25.6. The van der Waals surface area contributed by atoms with Crippen molar-refractivity contribution in [3.63, 3.8) is 0 Å². The molecular formula is C13H18F6N2O4S2. The summed E-state index contributed by atoms with van der Waals surface area (Å²) in [4.78, 5) is 0. The number of sulfonamides is 2. The van der Waals surface area contributed by atoms with E-state index in [9.17, 15) is 43.2 Å². The lowest BCUT2D eigenvalue weighted by atomic mass is 10.2. The van der Waals surface area contributed by atoms with E-state index >= 15 is 0 Å². The second-order valence-corrected chi connectivity index (χ2v) is 9.23. The van der Waals surface area contributed by atoms with Gasteiger partial charge in [-0.25, -0.2) is 16.8 Å². The Kier molecular flexibility index (Phi) is 8.30. The standard InChI is InChI=1S/C11H18N.C2F6NO4S2/c1-4-12(2,3)10-11-8-6-5-7-9-11;3-1(4,5)14(10,11)9-15(12,13)2(6,7)8/h5-9H,4,10H2,1-3H3;/q+1;-1. The quantitative estimate of drug-likeness (QED) is 0.515. The normalized spacial score (nSPS) is 13.7. The minimum atomic E-state index is -6.72. The van der Waals surface area contributed by atoms with Crippen LogP contribution in [0.2, 0.25) is 0 Å². The van der Waals surface area contributed by atoms with Crippen molar-refractivity contribution in [3.05, 3.63) is 40.0 Å². The summed E-state index contributed by atoms with van der Waals surface area (Å²) < 4.78 is 110. The lowest BCUT2D eigenvalue weighted by molar-refractivity contribution is -0.901. The van der Waals surface area contributed by atoms with Crippen LogP contribution in [-0.4, -0.2) is 53.0 Å². The smallest absolute Gasteiger partial charge is 0.421 e. The van der Waals surface area contributed by atoms with Crippen LogP contribution < -0.4 is 0 Å². The van der Waals surface area contributed by atoms with Gasteiger partial charge in [0, 0.05) is 5.56 Å². The molecule has 0 bridgehead atoms. The van der Waals surface area contributed by atoms with Gasteiger partial charge < -0.3 is 8.61 Å². The van der Waals surface area contributed by atoms with E-state index in [0.717, 1.165) is 15.2 Å². The van der Waals surface area contributed by atoms with Crippen molar-refractivity contribution < 1.29 is 47.7 Å². The molecule has 1 aromatic rings. The second-order valence-electron chi connectivity index (χ2n) is 5.81. The zero-order valence-corrected chi connectivity index (χ0v) is 16.0. The van der Waals surface area contributed by atoms with Crippen LogP contribution >= 0.6 is 0 Å². The number of quaternary nitrogens is 1. The number of nitrogens with zero attached hydrogens (tertiary/aromatic N) is 2. The highest BCUT2D eigenvalue weighted by atomic mass is 32.3. The average molecular weight is 444 g/mol. The summed E-state index contributed by atoms with van der Waals surface area (Å²) in [7, 11) is -8.93. The van der Waals surface area contributed by atoms with Crippen LogP contribution in [0.3, 0.4) is 0 Å². The minimum Gasteiger partial charge on any atom is -0.421 e. The topological polar surface area (TPSA) is 82.4 Å². The van der Waals surface area contributed by atoms with Gasteiger partial charge in [-0.2, -0.15) is 26.3 Å². The monoisotopic (exact) mass is 444 g/mol. The van der Waals surface area contributed by atoms with Gasteiger partial charge in [-0.15, -0.1) is 0 Å². The molecule has 158 valence electrons. The third kappa shape index (κ3) is 8.45. The lowest BCUT2D eigenvalue weighted by Gasteiger charge is -2.28. The summed E-state index contributed by atoms with van der Waals surface area (Å²) in [6, 6.07) is 10.6. The van der Waals surface area contributed by atoms with Gasteiger partial charge in [-0.05, 0) is 6.92 Å². The second kappa shape index (κ2) is 8.75. The van der Waals surface area contributed by atoms with Gasteiger partial charge in [0.25, 0.3) is 0 Å². The minimum absolute atomic E-state index is 0.778.